The molecule has 0 unspecified atom stereocenters. The maximum absolute atomic E-state index is 14.3. The number of morpholine rings is 1. The minimum Gasteiger partial charge on any atom is -0.480 e. The third-order valence-electron chi connectivity index (χ3n) is 9.56. The topological polar surface area (TPSA) is 155 Å². The van der Waals surface area contributed by atoms with E-state index in [1.54, 1.807) is 36.4 Å². The highest BCUT2D eigenvalue weighted by Gasteiger charge is 2.45. The van der Waals surface area contributed by atoms with Crippen molar-refractivity contribution in [3.05, 3.63) is 65.7 Å². The van der Waals surface area contributed by atoms with E-state index in [1.807, 2.05) is 4.90 Å². The van der Waals surface area contributed by atoms with Gasteiger partial charge in [0, 0.05) is 63.0 Å². The second kappa shape index (κ2) is 14.6. The molecule has 262 valence electrons. The van der Waals surface area contributed by atoms with Gasteiger partial charge in [-0.3, -0.25) is 14.5 Å². The average Bonchev–Trinajstić information content (AvgIpc) is 3.51. The summed E-state index contributed by atoms with van der Waals surface area (Å²) in [6, 6.07) is 13.5. The van der Waals surface area contributed by atoms with Crippen molar-refractivity contribution in [2.24, 2.45) is 5.41 Å². The van der Waals surface area contributed by atoms with Crippen LogP contribution in [0.3, 0.4) is 0 Å². The molecule has 1 amide bonds. The van der Waals surface area contributed by atoms with E-state index in [0.29, 0.717) is 75.6 Å². The number of carbonyl (C=O) groups excluding carboxylic acids is 1. The molecule has 3 aliphatic rings. The number of hydrogen-bond acceptors (Lipinski definition) is 10. The van der Waals surface area contributed by atoms with Crippen LogP contribution in [0.15, 0.2) is 54.6 Å². The molecular weight excluding hydrogens is 643 g/mol. The quantitative estimate of drug-likeness (QED) is 0.248. The number of benzene rings is 2. The van der Waals surface area contributed by atoms with E-state index in [4.69, 9.17) is 15.2 Å². The number of piperidine rings is 1. The molecule has 6 rings (SSSR count). The van der Waals surface area contributed by atoms with E-state index in [1.165, 1.54) is 18.2 Å². The monoisotopic (exact) mass is 683 g/mol. The average molecular weight is 684 g/mol. The molecular formula is C34H40F3N7O5. The first kappa shape index (κ1) is 34.4. The zero-order valence-electron chi connectivity index (χ0n) is 26.9. The van der Waals surface area contributed by atoms with Crippen LogP contribution in [-0.2, 0) is 9.53 Å². The number of hydrogen-bond donors (Lipinski definition) is 4. The van der Waals surface area contributed by atoms with Gasteiger partial charge in [0.25, 0.3) is 5.91 Å². The molecule has 1 aromatic heterocycles. The summed E-state index contributed by atoms with van der Waals surface area (Å²) in [5.41, 5.74) is 7.55. The Morgan fingerprint density at radius 3 is 2.31 bits per heavy atom. The molecule has 2 atom stereocenters. The Morgan fingerprint density at radius 2 is 1.69 bits per heavy atom. The van der Waals surface area contributed by atoms with Gasteiger partial charge in [0.1, 0.15) is 11.9 Å². The van der Waals surface area contributed by atoms with Gasteiger partial charge < -0.3 is 35.8 Å². The van der Waals surface area contributed by atoms with E-state index >= 15 is 0 Å². The molecule has 3 aliphatic heterocycles. The summed E-state index contributed by atoms with van der Waals surface area (Å²) in [5, 5.41) is 15.3. The highest BCUT2D eigenvalue weighted by molar-refractivity contribution is 5.94. The number of nitrogens with one attached hydrogen (secondary N) is 2. The summed E-state index contributed by atoms with van der Waals surface area (Å²) < 4.78 is 53.8. The number of nitrogen functional groups attached to an aromatic ring is 1. The highest BCUT2D eigenvalue weighted by atomic mass is 19.4. The van der Waals surface area contributed by atoms with Crippen molar-refractivity contribution < 1.29 is 37.3 Å². The van der Waals surface area contributed by atoms with Gasteiger partial charge in [0.15, 0.2) is 0 Å². The lowest BCUT2D eigenvalue weighted by Crippen LogP contribution is -2.41. The van der Waals surface area contributed by atoms with Crippen molar-refractivity contribution in [2.45, 2.75) is 37.6 Å². The summed E-state index contributed by atoms with van der Waals surface area (Å²) in [5.74, 6) is -1.24. The number of carboxylic acid groups (broad SMARTS) is 1. The number of aromatic nitrogens is 2. The number of rotatable bonds is 10. The van der Waals surface area contributed by atoms with E-state index in [-0.39, 0.29) is 28.7 Å². The number of anilines is 2. The minimum absolute atomic E-state index is 0.118. The van der Waals surface area contributed by atoms with Crippen LogP contribution in [0.1, 0.15) is 41.3 Å². The fraction of sp³-hybridized carbons (Fsp3) is 0.471. The van der Waals surface area contributed by atoms with Crippen LogP contribution in [0.25, 0.3) is 11.1 Å². The van der Waals surface area contributed by atoms with Crippen LogP contribution < -0.4 is 26.0 Å². The Hall–Kier alpha value is -4.47. The SMILES string of the molecule is Nc1nc(O[C@H](c2ccc(-c3ccc(C(=O)NCCN4CCOCC4)cc3)cc2)C(F)(F)F)cc(N2CCC3(CC2)CN[C@H](C(=O)O)C3)n1. The van der Waals surface area contributed by atoms with Crippen molar-refractivity contribution >= 4 is 23.6 Å². The summed E-state index contributed by atoms with van der Waals surface area (Å²) in [4.78, 5) is 36.3. The normalized spacial score (nSPS) is 20.2. The van der Waals surface area contributed by atoms with Gasteiger partial charge in [-0.15, -0.1) is 0 Å². The molecule has 0 radical (unpaired) electrons. The standard InChI is InChI=1S/C34H40F3N7O5/c35-34(36,37)29(49-28-19-27(41-32(38)42-28)44-12-9-33(10-13-44)20-26(31(46)47)40-21-33)24-5-1-22(2-6-24)23-3-7-25(8-4-23)30(45)39-11-14-43-15-17-48-18-16-43/h1-8,19,26,29,40H,9-18,20-21H2,(H,39,45)(H,46,47)(H2,38,41,42)/t26-,29+/m0/s1. The third kappa shape index (κ3) is 8.40. The number of nitrogens with two attached hydrogens (primary N) is 1. The zero-order valence-corrected chi connectivity index (χ0v) is 26.9. The second-order valence-electron chi connectivity index (χ2n) is 12.8. The van der Waals surface area contributed by atoms with Gasteiger partial charge in [-0.05, 0) is 47.9 Å². The maximum atomic E-state index is 14.3. The molecule has 2 aromatic carbocycles. The minimum atomic E-state index is -4.76. The van der Waals surface area contributed by atoms with Gasteiger partial charge in [-0.25, -0.2) is 0 Å². The van der Waals surface area contributed by atoms with E-state index in [9.17, 15) is 27.9 Å². The number of carboxylic acids is 1. The van der Waals surface area contributed by atoms with Gasteiger partial charge in [0.05, 0.1) is 13.2 Å². The molecule has 3 saturated heterocycles. The molecule has 1 spiro atoms. The number of amides is 1. The van der Waals surface area contributed by atoms with Gasteiger partial charge in [0.2, 0.25) is 17.9 Å². The predicted octanol–water partition coefficient (Wildman–Crippen LogP) is 3.50. The largest absolute Gasteiger partial charge is 0.480 e. The summed E-state index contributed by atoms with van der Waals surface area (Å²) in [6.07, 6.45) is -5.14. The third-order valence-corrected chi connectivity index (χ3v) is 9.56. The molecule has 0 saturated carbocycles. The number of nitrogens with zero attached hydrogens (tertiary/aromatic N) is 4. The van der Waals surface area contributed by atoms with Crippen molar-refractivity contribution in [1.82, 2.24) is 25.5 Å². The Kier molecular flexibility index (Phi) is 10.2. The number of alkyl halides is 3. The first-order chi connectivity index (χ1) is 23.5. The lowest BCUT2D eigenvalue weighted by Gasteiger charge is -2.39. The molecule has 3 fully saturated rings. The summed E-state index contributed by atoms with van der Waals surface area (Å²) in [6.45, 7) is 5.99. The molecule has 5 N–H and O–H groups in total. The summed E-state index contributed by atoms with van der Waals surface area (Å²) >= 11 is 0. The smallest absolute Gasteiger partial charge is 0.429 e. The van der Waals surface area contributed by atoms with E-state index in [0.717, 1.165) is 25.2 Å². The number of carbonyl (C=O) groups is 2. The van der Waals surface area contributed by atoms with Crippen LogP contribution >= 0.6 is 0 Å². The highest BCUT2D eigenvalue weighted by Crippen LogP contribution is 2.41. The molecule has 49 heavy (non-hydrogen) atoms. The Morgan fingerprint density at radius 1 is 1.04 bits per heavy atom. The van der Waals surface area contributed by atoms with Crippen LogP contribution in [-0.4, -0.2) is 103 Å². The fourth-order valence-corrected chi connectivity index (χ4v) is 6.70. The molecule has 12 nitrogen and oxygen atoms in total. The number of aliphatic carboxylic acids is 1. The Labute approximate surface area is 281 Å². The zero-order chi connectivity index (χ0) is 34.6. The van der Waals surface area contributed by atoms with Crippen LogP contribution in [0, 0.1) is 5.41 Å². The van der Waals surface area contributed by atoms with Crippen LogP contribution in [0.2, 0.25) is 0 Å². The van der Waals surface area contributed by atoms with Crippen LogP contribution in [0.4, 0.5) is 24.9 Å². The Balaban J connectivity index is 1.08. The summed E-state index contributed by atoms with van der Waals surface area (Å²) in [7, 11) is 0. The molecule has 15 heteroatoms. The molecule has 3 aromatic rings. The maximum Gasteiger partial charge on any atom is 0.429 e. The Bertz CT molecular complexity index is 1610. The first-order valence-electron chi connectivity index (χ1n) is 16.4. The second-order valence-corrected chi connectivity index (χ2v) is 12.8. The van der Waals surface area contributed by atoms with Crippen LogP contribution in [0.5, 0.6) is 5.88 Å². The van der Waals surface area contributed by atoms with Crippen molar-refractivity contribution in [3.63, 3.8) is 0 Å². The lowest BCUT2D eigenvalue weighted by molar-refractivity contribution is -0.198. The lowest BCUT2D eigenvalue weighted by atomic mass is 9.76. The van der Waals surface area contributed by atoms with E-state index < -0.39 is 24.3 Å². The predicted molar refractivity (Wildman–Crippen MR) is 175 cm³/mol. The van der Waals surface area contributed by atoms with Crippen molar-refractivity contribution in [1.29, 1.82) is 0 Å². The first-order valence-corrected chi connectivity index (χ1v) is 16.4. The number of ether oxygens (including phenoxy) is 2. The molecule has 0 bridgehead atoms. The van der Waals surface area contributed by atoms with Crippen molar-refractivity contribution in [2.75, 3.05) is 69.7 Å². The molecule has 4 heterocycles. The van der Waals surface area contributed by atoms with Crippen molar-refractivity contribution in [3.8, 4) is 17.0 Å². The van der Waals surface area contributed by atoms with Gasteiger partial charge in [-0.1, -0.05) is 36.4 Å². The molecule has 0 aliphatic carbocycles. The fourth-order valence-electron chi connectivity index (χ4n) is 6.70. The number of halogens is 3. The van der Waals surface area contributed by atoms with Gasteiger partial charge >= 0.3 is 12.1 Å². The van der Waals surface area contributed by atoms with Gasteiger partial charge in [-0.2, -0.15) is 23.1 Å². The van der Waals surface area contributed by atoms with E-state index in [2.05, 4.69) is 25.5 Å².